The number of rotatable bonds is 3. The van der Waals surface area contributed by atoms with E-state index in [4.69, 9.17) is 0 Å². The second-order valence-corrected chi connectivity index (χ2v) is 3.02. The zero-order chi connectivity index (χ0) is 12.1. The number of amides is 1. The van der Waals surface area contributed by atoms with Crippen LogP contribution in [0.15, 0.2) is 36.8 Å². The third-order valence-electron chi connectivity index (χ3n) is 1.82. The van der Waals surface area contributed by atoms with Crippen molar-refractivity contribution in [1.82, 2.24) is 20.4 Å². The van der Waals surface area contributed by atoms with E-state index in [1.54, 1.807) is 6.07 Å². The largest absolute Gasteiger partial charge is 0.307 e. The Bertz CT molecular complexity index is 502. The van der Waals surface area contributed by atoms with E-state index in [9.17, 15) is 9.18 Å². The Kier molecular flexibility index (Phi) is 3.20. The highest BCUT2D eigenvalue weighted by atomic mass is 19.1. The maximum absolute atomic E-state index is 12.5. The van der Waals surface area contributed by atoms with Gasteiger partial charge in [-0.2, -0.15) is 4.39 Å². The highest BCUT2D eigenvalue weighted by Gasteiger charge is 2.06. The van der Waals surface area contributed by atoms with E-state index >= 15 is 0 Å². The maximum Gasteiger partial charge on any atom is 0.307 e. The first-order valence-corrected chi connectivity index (χ1v) is 4.70. The van der Waals surface area contributed by atoms with Crippen molar-refractivity contribution in [2.24, 2.45) is 0 Å². The van der Waals surface area contributed by atoms with Crippen LogP contribution in [0.3, 0.4) is 0 Å². The van der Waals surface area contributed by atoms with Crippen molar-refractivity contribution in [3.05, 3.63) is 48.6 Å². The van der Waals surface area contributed by atoms with E-state index in [0.29, 0.717) is 5.69 Å². The van der Waals surface area contributed by atoms with Gasteiger partial charge in [-0.25, -0.2) is 15.0 Å². The Morgan fingerprint density at radius 3 is 2.59 bits per heavy atom. The van der Waals surface area contributed by atoms with Gasteiger partial charge < -0.3 is 0 Å². The molecule has 0 aliphatic heterocycles. The Morgan fingerprint density at radius 2 is 1.94 bits per heavy atom. The standard InChI is InChI=1S/C10H8FN5O/c11-8-3-2-7(6-14-8)15-16-10(17)9-12-4-1-5-13-9/h1-6,15H,(H,16,17). The Labute approximate surface area is 95.9 Å². The molecule has 0 bridgehead atoms. The topological polar surface area (TPSA) is 79.8 Å². The molecule has 0 fully saturated rings. The molecule has 2 aromatic rings. The summed E-state index contributed by atoms with van der Waals surface area (Å²) in [7, 11) is 0. The van der Waals surface area contributed by atoms with E-state index < -0.39 is 11.9 Å². The van der Waals surface area contributed by atoms with Crippen molar-refractivity contribution in [2.75, 3.05) is 5.43 Å². The molecule has 0 saturated heterocycles. The second-order valence-electron chi connectivity index (χ2n) is 3.02. The molecular formula is C10H8FN5O. The summed E-state index contributed by atoms with van der Waals surface area (Å²) in [5, 5.41) is 0. The third kappa shape index (κ3) is 2.94. The fourth-order valence-corrected chi connectivity index (χ4v) is 1.05. The lowest BCUT2D eigenvalue weighted by Crippen LogP contribution is -2.30. The molecule has 0 aliphatic rings. The number of carbonyl (C=O) groups excluding carboxylic acids is 1. The first kappa shape index (κ1) is 10.9. The zero-order valence-electron chi connectivity index (χ0n) is 8.59. The van der Waals surface area contributed by atoms with Gasteiger partial charge >= 0.3 is 5.91 Å². The number of aromatic nitrogens is 3. The Hall–Kier alpha value is -2.57. The molecule has 0 aliphatic carbocycles. The second kappa shape index (κ2) is 4.97. The molecule has 7 heteroatoms. The minimum absolute atomic E-state index is 0.0371. The summed E-state index contributed by atoms with van der Waals surface area (Å²) < 4.78 is 12.5. The van der Waals surface area contributed by atoms with Crippen LogP contribution in [0.4, 0.5) is 10.1 Å². The quantitative estimate of drug-likeness (QED) is 0.604. The van der Waals surface area contributed by atoms with Crippen LogP contribution in [0.5, 0.6) is 0 Å². The molecule has 0 unspecified atom stereocenters. The van der Waals surface area contributed by atoms with E-state index in [0.717, 1.165) is 0 Å². The van der Waals surface area contributed by atoms with Crippen LogP contribution in [0.1, 0.15) is 10.6 Å². The van der Waals surface area contributed by atoms with Crippen LogP contribution in [-0.2, 0) is 0 Å². The van der Waals surface area contributed by atoms with Crippen LogP contribution >= 0.6 is 0 Å². The molecule has 86 valence electrons. The van der Waals surface area contributed by atoms with Gasteiger partial charge in [0.15, 0.2) is 0 Å². The molecule has 2 heterocycles. The SMILES string of the molecule is O=C(NNc1ccc(F)nc1)c1ncccn1. The van der Waals surface area contributed by atoms with Crippen molar-refractivity contribution < 1.29 is 9.18 Å². The molecule has 17 heavy (non-hydrogen) atoms. The highest BCUT2D eigenvalue weighted by molar-refractivity contribution is 5.91. The molecule has 0 aromatic carbocycles. The number of carbonyl (C=O) groups is 1. The number of nitrogens with zero attached hydrogens (tertiary/aromatic N) is 3. The highest BCUT2D eigenvalue weighted by Crippen LogP contribution is 2.03. The monoisotopic (exact) mass is 233 g/mol. The number of pyridine rings is 1. The molecule has 0 radical (unpaired) electrons. The van der Waals surface area contributed by atoms with Crippen molar-refractivity contribution in [1.29, 1.82) is 0 Å². The van der Waals surface area contributed by atoms with E-state index in [2.05, 4.69) is 25.8 Å². The minimum atomic E-state index is -0.590. The van der Waals surface area contributed by atoms with Gasteiger partial charge in [0.25, 0.3) is 0 Å². The van der Waals surface area contributed by atoms with Crippen LogP contribution in [0.25, 0.3) is 0 Å². The van der Waals surface area contributed by atoms with Gasteiger partial charge in [-0.05, 0) is 18.2 Å². The van der Waals surface area contributed by atoms with Gasteiger partial charge in [0.1, 0.15) is 0 Å². The van der Waals surface area contributed by atoms with Crippen molar-refractivity contribution in [3.63, 3.8) is 0 Å². The average Bonchev–Trinajstić information content (AvgIpc) is 2.39. The number of anilines is 1. The Balaban J connectivity index is 1.95. The minimum Gasteiger partial charge on any atom is -0.297 e. The maximum atomic E-state index is 12.5. The van der Waals surface area contributed by atoms with Crippen molar-refractivity contribution in [2.45, 2.75) is 0 Å². The first-order chi connectivity index (χ1) is 8.25. The molecule has 1 amide bonds. The fraction of sp³-hybridized carbons (Fsp3) is 0. The lowest BCUT2D eigenvalue weighted by atomic mass is 10.4. The Morgan fingerprint density at radius 1 is 1.18 bits per heavy atom. The number of hydrazine groups is 1. The summed E-state index contributed by atoms with van der Waals surface area (Å²) in [5.41, 5.74) is 5.37. The third-order valence-corrected chi connectivity index (χ3v) is 1.82. The number of nitrogens with one attached hydrogen (secondary N) is 2. The first-order valence-electron chi connectivity index (χ1n) is 4.70. The zero-order valence-corrected chi connectivity index (χ0v) is 8.59. The molecule has 0 atom stereocenters. The van der Waals surface area contributed by atoms with Crippen LogP contribution in [-0.4, -0.2) is 20.9 Å². The lowest BCUT2D eigenvalue weighted by Gasteiger charge is -2.06. The number of halogens is 1. The van der Waals surface area contributed by atoms with Gasteiger partial charge in [0, 0.05) is 12.4 Å². The van der Waals surface area contributed by atoms with Gasteiger partial charge in [0.2, 0.25) is 11.8 Å². The average molecular weight is 233 g/mol. The summed E-state index contributed by atoms with van der Waals surface area (Å²) in [5.74, 6) is -1.04. The van der Waals surface area contributed by atoms with Gasteiger partial charge in [0.05, 0.1) is 11.9 Å². The summed E-state index contributed by atoms with van der Waals surface area (Å²) in [6, 6.07) is 4.22. The van der Waals surface area contributed by atoms with Gasteiger partial charge in [-0.1, -0.05) is 0 Å². The summed E-state index contributed by atoms with van der Waals surface area (Å²) in [4.78, 5) is 22.4. The van der Waals surface area contributed by atoms with Gasteiger partial charge in [-0.15, -0.1) is 0 Å². The molecule has 6 nitrogen and oxygen atoms in total. The van der Waals surface area contributed by atoms with E-state index in [-0.39, 0.29) is 5.82 Å². The van der Waals surface area contributed by atoms with Gasteiger partial charge in [-0.3, -0.25) is 15.6 Å². The van der Waals surface area contributed by atoms with Crippen molar-refractivity contribution in [3.8, 4) is 0 Å². The summed E-state index contributed by atoms with van der Waals surface area (Å²) in [6.07, 6.45) is 4.17. The fourth-order valence-electron chi connectivity index (χ4n) is 1.05. The molecular weight excluding hydrogens is 225 g/mol. The van der Waals surface area contributed by atoms with E-state index in [1.807, 2.05) is 0 Å². The number of hydrogen-bond donors (Lipinski definition) is 2. The lowest BCUT2D eigenvalue weighted by molar-refractivity contribution is 0.0952. The summed E-state index contributed by atoms with van der Waals surface area (Å²) in [6.45, 7) is 0. The predicted molar refractivity (Wildman–Crippen MR) is 57.3 cm³/mol. The van der Waals surface area contributed by atoms with Crippen molar-refractivity contribution >= 4 is 11.6 Å². The summed E-state index contributed by atoms with van der Waals surface area (Å²) >= 11 is 0. The predicted octanol–water partition coefficient (Wildman–Crippen LogP) is 0.768. The van der Waals surface area contributed by atoms with Crippen LogP contribution < -0.4 is 10.9 Å². The van der Waals surface area contributed by atoms with Crippen LogP contribution in [0.2, 0.25) is 0 Å². The molecule has 0 saturated carbocycles. The molecule has 0 spiro atoms. The molecule has 2 aromatic heterocycles. The molecule has 2 N–H and O–H groups in total. The number of hydrogen-bond acceptors (Lipinski definition) is 5. The molecule has 2 rings (SSSR count). The van der Waals surface area contributed by atoms with E-state index in [1.165, 1.54) is 30.7 Å². The van der Waals surface area contributed by atoms with Crippen LogP contribution in [0, 0.1) is 5.95 Å². The normalized spacial score (nSPS) is 9.71. The smallest absolute Gasteiger partial charge is 0.297 e.